The number of fused-ring (bicyclic) bond motifs is 1. The minimum Gasteiger partial charge on any atom is -0.348 e. The molecule has 2 aliphatic rings. The molecule has 130 valence electrons. The predicted octanol–water partition coefficient (Wildman–Crippen LogP) is 0.958. The van der Waals surface area contributed by atoms with Gasteiger partial charge in [0.25, 0.3) is 5.91 Å². The van der Waals surface area contributed by atoms with Crippen LogP contribution in [-0.2, 0) is 13.0 Å². The Bertz CT molecular complexity index is 755. The van der Waals surface area contributed by atoms with Gasteiger partial charge in [0.1, 0.15) is 0 Å². The van der Waals surface area contributed by atoms with E-state index in [-0.39, 0.29) is 11.9 Å². The maximum absolute atomic E-state index is 12.2. The maximum Gasteiger partial charge on any atom is 0.254 e. The maximum atomic E-state index is 12.2. The summed E-state index contributed by atoms with van der Waals surface area (Å²) >= 11 is 0. The van der Waals surface area contributed by atoms with Crippen LogP contribution in [0.4, 0.5) is 11.6 Å². The summed E-state index contributed by atoms with van der Waals surface area (Å²) in [6.45, 7) is 3.68. The van der Waals surface area contributed by atoms with E-state index in [1.165, 1.54) is 11.1 Å². The molecule has 25 heavy (non-hydrogen) atoms. The highest BCUT2D eigenvalue weighted by molar-refractivity contribution is 5.93. The zero-order chi connectivity index (χ0) is 17.1. The van der Waals surface area contributed by atoms with Crippen molar-refractivity contribution in [2.24, 2.45) is 0 Å². The van der Waals surface area contributed by atoms with Crippen LogP contribution in [0, 0.1) is 0 Å². The van der Waals surface area contributed by atoms with E-state index in [9.17, 15) is 4.79 Å². The van der Waals surface area contributed by atoms with Gasteiger partial charge in [-0.05, 0) is 49.2 Å². The number of anilines is 2. The summed E-state index contributed by atoms with van der Waals surface area (Å²) < 4.78 is 0. The number of aromatic nitrogens is 2. The molecule has 7 heteroatoms. The second-order valence-electron chi connectivity index (χ2n) is 6.49. The van der Waals surface area contributed by atoms with E-state index in [2.05, 4.69) is 43.4 Å². The van der Waals surface area contributed by atoms with Crippen molar-refractivity contribution in [1.82, 2.24) is 25.9 Å². The van der Waals surface area contributed by atoms with Gasteiger partial charge in [0.15, 0.2) is 0 Å². The smallest absolute Gasteiger partial charge is 0.254 e. The van der Waals surface area contributed by atoms with Gasteiger partial charge in [-0.1, -0.05) is 6.07 Å². The third-order valence-corrected chi connectivity index (χ3v) is 4.66. The van der Waals surface area contributed by atoms with Crippen molar-refractivity contribution in [1.29, 1.82) is 0 Å². The molecule has 1 unspecified atom stereocenters. The highest BCUT2D eigenvalue weighted by atomic mass is 16.1. The Morgan fingerprint density at radius 2 is 2.00 bits per heavy atom. The third-order valence-electron chi connectivity index (χ3n) is 4.66. The van der Waals surface area contributed by atoms with Gasteiger partial charge in [-0.15, -0.1) is 0 Å². The van der Waals surface area contributed by atoms with Crippen molar-refractivity contribution >= 4 is 17.5 Å². The van der Waals surface area contributed by atoms with E-state index >= 15 is 0 Å². The summed E-state index contributed by atoms with van der Waals surface area (Å²) in [6.07, 6.45) is 5.14. The van der Waals surface area contributed by atoms with Crippen molar-refractivity contribution in [2.75, 3.05) is 25.0 Å². The molecule has 1 aromatic heterocycles. The molecule has 1 amide bonds. The summed E-state index contributed by atoms with van der Waals surface area (Å²) in [5, 5.41) is 12.8. The number of benzene rings is 1. The zero-order valence-corrected chi connectivity index (χ0v) is 14.0. The number of amides is 1. The Morgan fingerprint density at radius 3 is 2.80 bits per heavy atom. The molecule has 3 heterocycles. The molecule has 2 aromatic rings. The third kappa shape index (κ3) is 3.78. The minimum absolute atomic E-state index is 0.125. The normalized spacial score (nSPS) is 19.3. The average molecular weight is 338 g/mol. The molecule has 0 aliphatic carbocycles. The van der Waals surface area contributed by atoms with Crippen LogP contribution in [0.2, 0.25) is 0 Å². The van der Waals surface area contributed by atoms with E-state index in [0.717, 1.165) is 44.7 Å². The Hall–Kier alpha value is -2.51. The molecule has 2 aliphatic heterocycles. The monoisotopic (exact) mass is 338 g/mol. The van der Waals surface area contributed by atoms with Gasteiger partial charge in [0.05, 0.1) is 5.56 Å². The molecule has 0 saturated carbocycles. The zero-order valence-electron chi connectivity index (χ0n) is 14.0. The van der Waals surface area contributed by atoms with Crippen LogP contribution in [-0.4, -0.2) is 41.6 Å². The van der Waals surface area contributed by atoms with Crippen molar-refractivity contribution in [2.45, 2.75) is 25.4 Å². The fourth-order valence-corrected chi connectivity index (χ4v) is 3.24. The lowest BCUT2D eigenvalue weighted by Crippen LogP contribution is -2.36. The lowest BCUT2D eigenvalue weighted by atomic mass is 10.0. The Kier molecular flexibility index (Phi) is 4.58. The fraction of sp³-hybridized carbons (Fsp3) is 0.389. The molecule has 1 fully saturated rings. The van der Waals surface area contributed by atoms with Crippen molar-refractivity contribution in [3.8, 4) is 0 Å². The van der Waals surface area contributed by atoms with Gasteiger partial charge in [0.2, 0.25) is 5.95 Å². The van der Waals surface area contributed by atoms with Gasteiger partial charge in [-0.3, -0.25) is 4.79 Å². The first-order valence-corrected chi connectivity index (χ1v) is 8.71. The Labute approximate surface area is 146 Å². The molecule has 4 rings (SSSR count). The van der Waals surface area contributed by atoms with E-state index in [0.29, 0.717) is 11.5 Å². The standard InChI is InChI=1S/C18H22N6O/c25-17(23-16-4-6-20-11-16)14-9-21-18(22-10-14)24-15-2-1-12-3-5-19-8-13(12)7-15/h1-2,7,9-10,16,19-20H,3-6,8,11H2,(H,23,25)(H,21,22,24). The fourth-order valence-electron chi connectivity index (χ4n) is 3.24. The number of nitrogens with zero attached hydrogens (tertiary/aromatic N) is 2. The molecule has 1 aromatic carbocycles. The average Bonchev–Trinajstić information content (AvgIpc) is 3.15. The summed E-state index contributed by atoms with van der Waals surface area (Å²) in [5.74, 6) is 0.364. The molecule has 7 nitrogen and oxygen atoms in total. The van der Waals surface area contributed by atoms with Crippen LogP contribution in [0.15, 0.2) is 30.6 Å². The Morgan fingerprint density at radius 1 is 1.12 bits per heavy atom. The van der Waals surface area contributed by atoms with E-state index < -0.39 is 0 Å². The molecule has 4 N–H and O–H groups in total. The molecule has 0 radical (unpaired) electrons. The lowest BCUT2D eigenvalue weighted by Gasteiger charge is -2.18. The van der Waals surface area contributed by atoms with Crippen LogP contribution in [0.5, 0.6) is 0 Å². The first-order chi connectivity index (χ1) is 12.3. The number of carbonyl (C=O) groups is 1. The quantitative estimate of drug-likeness (QED) is 0.664. The van der Waals surface area contributed by atoms with Gasteiger partial charge in [-0.25, -0.2) is 9.97 Å². The van der Waals surface area contributed by atoms with Crippen molar-refractivity contribution in [3.63, 3.8) is 0 Å². The summed E-state index contributed by atoms with van der Waals surface area (Å²) in [5.41, 5.74) is 4.12. The summed E-state index contributed by atoms with van der Waals surface area (Å²) in [7, 11) is 0. The minimum atomic E-state index is -0.125. The molecular formula is C18H22N6O. The van der Waals surface area contributed by atoms with Gasteiger partial charge >= 0.3 is 0 Å². The number of hydrogen-bond donors (Lipinski definition) is 4. The first kappa shape index (κ1) is 16.0. The topological polar surface area (TPSA) is 91.0 Å². The molecule has 1 atom stereocenters. The first-order valence-electron chi connectivity index (χ1n) is 8.71. The van der Waals surface area contributed by atoms with Crippen molar-refractivity contribution in [3.05, 3.63) is 47.3 Å². The number of nitrogens with one attached hydrogen (secondary N) is 4. The SMILES string of the molecule is O=C(NC1CCNC1)c1cnc(Nc2ccc3c(c2)CNCC3)nc1. The molecule has 1 saturated heterocycles. The van der Waals surface area contributed by atoms with Crippen LogP contribution >= 0.6 is 0 Å². The van der Waals surface area contributed by atoms with E-state index in [4.69, 9.17) is 0 Å². The van der Waals surface area contributed by atoms with Crippen LogP contribution in [0.25, 0.3) is 0 Å². The van der Waals surface area contributed by atoms with Crippen LogP contribution < -0.4 is 21.3 Å². The van der Waals surface area contributed by atoms with Gasteiger partial charge in [0, 0.05) is 37.2 Å². The highest BCUT2D eigenvalue weighted by Crippen LogP contribution is 2.20. The largest absolute Gasteiger partial charge is 0.348 e. The lowest BCUT2D eigenvalue weighted by molar-refractivity contribution is 0.0939. The molecule has 0 spiro atoms. The molecule has 0 bridgehead atoms. The van der Waals surface area contributed by atoms with Gasteiger partial charge < -0.3 is 21.3 Å². The second-order valence-corrected chi connectivity index (χ2v) is 6.49. The Balaban J connectivity index is 1.41. The second kappa shape index (κ2) is 7.16. The highest BCUT2D eigenvalue weighted by Gasteiger charge is 2.18. The van der Waals surface area contributed by atoms with Crippen LogP contribution in [0.3, 0.4) is 0 Å². The predicted molar refractivity (Wildman–Crippen MR) is 95.9 cm³/mol. The molecular weight excluding hydrogens is 316 g/mol. The summed E-state index contributed by atoms with van der Waals surface area (Å²) in [6, 6.07) is 6.50. The number of hydrogen-bond acceptors (Lipinski definition) is 6. The van der Waals surface area contributed by atoms with E-state index in [1.807, 2.05) is 6.07 Å². The van der Waals surface area contributed by atoms with E-state index in [1.54, 1.807) is 12.4 Å². The summed E-state index contributed by atoms with van der Waals surface area (Å²) in [4.78, 5) is 20.7. The van der Waals surface area contributed by atoms with Crippen LogP contribution in [0.1, 0.15) is 27.9 Å². The van der Waals surface area contributed by atoms with Crippen molar-refractivity contribution < 1.29 is 4.79 Å². The number of rotatable bonds is 4. The van der Waals surface area contributed by atoms with Gasteiger partial charge in [-0.2, -0.15) is 0 Å². The number of carbonyl (C=O) groups excluding carboxylic acids is 1.